The smallest absolute Gasteiger partial charge is 0.335 e. The van der Waals surface area contributed by atoms with E-state index in [2.05, 4.69) is 15.2 Å². The van der Waals surface area contributed by atoms with E-state index in [0.29, 0.717) is 11.6 Å². The van der Waals surface area contributed by atoms with Crippen molar-refractivity contribution in [3.8, 4) is 11.6 Å². The first-order valence-electron chi connectivity index (χ1n) is 7.18. The summed E-state index contributed by atoms with van der Waals surface area (Å²) in [6.07, 6.45) is 0. The molecule has 0 saturated heterocycles. The quantitative estimate of drug-likeness (QED) is 0.802. The molecule has 0 aliphatic rings. The van der Waals surface area contributed by atoms with Crippen LogP contribution in [0.15, 0.2) is 24.3 Å². The van der Waals surface area contributed by atoms with E-state index >= 15 is 0 Å². The fraction of sp³-hybridized carbons (Fsp3) is 0.250. The molecule has 0 fully saturated rings. The van der Waals surface area contributed by atoms with Crippen LogP contribution in [0.5, 0.6) is 0 Å². The highest BCUT2D eigenvalue weighted by molar-refractivity contribution is 5.88. The number of carboxylic acids is 1. The van der Waals surface area contributed by atoms with E-state index in [0.717, 1.165) is 22.8 Å². The van der Waals surface area contributed by atoms with Crippen molar-refractivity contribution in [3.05, 3.63) is 52.6 Å². The molecule has 7 heteroatoms. The standard InChI is InChI=1S/C16H17N5O2/c1-9-5-11(3)20(18-9)14-7-13(16(22)23)8-15(17-14)21-12(4)6-10(2)19-21/h5-8H,1-4H3,(H,22,23). The van der Waals surface area contributed by atoms with Crippen molar-refractivity contribution in [3.63, 3.8) is 0 Å². The zero-order valence-electron chi connectivity index (χ0n) is 13.4. The first-order chi connectivity index (χ1) is 10.8. The summed E-state index contributed by atoms with van der Waals surface area (Å²) in [4.78, 5) is 16.0. The molecular formula is C16H17N5O2. The molecule has 0 saturated carbocycles. The lowest BCUT2D eigenvalue weighted by atomic mass is 10.2. The predicted molar refractivity (Wildman–Crippen MR) is 84.4 cm³/mol. The van der Waals surface area contributed by atoms with Gasteiger partial charge in [-0.25, -0.2) is 19.1 Å². The number of rotatable bonds is 3. The number of aryl methyl sites for hydroxylation is 4. The number of pyridine rings is 1. The fourth-order valence-electron chi connectivity index (χ4n) is 2.56. The summed E-state index contributed by atoms with van der Waals surface area (Å²) >= 11 is 0. The third-order valence-electron chi connectivity index (χ3n) is 3.50. The van der Waals surface area contributed by atoms with E-state index in [1.54, 1.807) is 9.36 Å². The summed E-state index contributed by atoms with van der Waals surface area (Å²) in [5.74, 6) is -0.103. The maximum Gasteiger partial charge on any atom is 0.335 e. The predicted octanol–water partition coefficient (Wildman–Crippen LogP) is 2.38. The van der Waals surface area contributed by atoms with Crippen LogP contribution < -0.4 is 0 Å². The summed E-state index contributed by atoms with van der Waals surface area (Å²) in [7, 11) is 0. The van der Waals surface area contributed by atoms with E-state index < -0.39 is 5.97 Å². The zero-order chi connectivity index (χ0) is 16.7. The average Bonchev–Trinajstić information content (AvgIpc) is 2.99. The summed E-state index contributed by atoms with van der Waals surface area (Å²) in [6, 6.07) is 6.85. The molecule has 1 N–H and O–H groups in total. The van der Waals surface area contributed by atoms with E-state index in [9.17, 15) is 9.90 Å². The molecule has 0 amide bonds. The minimum atomic E-state index is -1.02. The number of hydrogen-bond acceptors (Lipinski definition) is 4. The number of aromatic nitrogens is 5. The van der Waals surface area contributed by atoms with Gasteiger partial charge in [0.25, 0.3) is 0 Å². The summed E-state index contributed by atoms with van der Waals surface area (Å²) in [6.45, 7) is 7.56. The molecule has 7 nitrogen and oxygen atoms in total. The lowest BCUT2D eigenvalue weighted by molar-refractivity contribution is 0.0696. The van der Waals surface area contributed by atoms with Crippen molar-refractivity contribution < 1.29 is 9.90 Å². The Labute approximate surface area is 133 Å². The Bertz CT molecular complexity index is 843. The van der Waals surface area contributed by atoms with Crippen molar-refractivity contribution in [1.29, 1.82) is 0 Å². The highest BCUT2D eigenvalue weighted by Gasteiger charge is 2.15. The topological polar surface area (TPSA) is 85.8 Å². The van der Waals surface area contributed by atoms with Gasteiger partial charge in [-0.3, -0.25) is 0 Å². The second-order valence-corrected chi connectivity index (χ2v) is 5.56. The number of nitrogens with zero attached hydrogens (tertiary/aromatic N) is 5. The molecule has 3 aromatic rings. The Morgan fingerprint density at radius 3 is 1.61 bits per heavy atom. The largest absolute Gasteiger partial charge is 0.478 e. The van der Waals surface area contributed by atoms with E-state index in [1.165, 1.54) is 12.1 Å². The lowest BCUT2D eigenvalue weighted by Crippen LogP contribution is -2.10. The molecular weight excluding hydrogens is 294 g/mol. The Hall–Kier alpha value is -2.96. The molecule has 3 heterocycles. The van der Waals surface area contributed by atoms with Crippen LogP contribution in [0.4, 0.5) is 0 Å². The van der Waals surface area contributed by atoms with Crippen molar-refractivity contribution in [2.45, 2.75) is 27.7 Å². The average molecular weight is 311 g/mol. The normalized spacial score (nSPS) is 11.0. The van der Waals surface area contributed by atoms with Crippen molar-refractivity contribution >= 4 is 5.97 Å². The van der Waals surface area contributed by atoms with Crippen molar-refractivity contribution in [2.75, 3.05) is 0 Å². The minimum Gasteiger partial charge on any atom is -0.478 e. The van der Waals surface area contributed by atoms with Gasteiger partial charge in [-0.2, -0.15) is 10.2 Å². The van der Waals surface area contributed by atoms with Crippen LogP contribution >= 0.6 is 0 Å². The number of hydrogen-bond donors (Lipinski definition) is 1. The van der Waals surface area contributed by atoms with Gasteiger partial charge in [-0.05, 0) is 52.0 Å². The minimum absolute atomic E-state index is 0.144. The number of aromatic carboxylic acids is 1. The first-order valence-corrected chi connectivity index (χ1v) is 7.18. The molecule has 0 bridgehead atoms. The van der Waals surface area contributed by atoms with E-state index in [1.807, 2.05) is 39.8 Å². The molecule has 0 radical (unpaired) electrons. The summed E-state index contributed by atoms with van der Waals surface area (Å²) < 4.78 is 3.27. The van der Waals surface area contributed by atoms with Crippen LogP contribution in [0, 0.1) is 27.7 Å². The molecule has 0 aliphatic heterocycles. The molecule has 0 aromatic carbocycles. The van der Waals surface area contributed by atoms with Gasteiger partial charge in [0.15, 0.2) is 11.6 Å². The van der Waals surface area contributed by atoms with Gasteiger partial charge < -0.3 is 5.11 Å². The molecule has 3 rings (SSSR count). The van der Waals surface area contributed by atoms with Gasteiger partial charge >= 0.3 is 5.97 Å². The van der Waals surface area contributed by atoms with Gasteiger partial charge in [0.05, 0.1) is 17.0 Å². The summed E-state index contributed by atoms with van der Waals surface area (Å²) in [5.41, 5.74) is 3.61. The molecule has 0 unspecified atom stereocenters. The van der Waals surface area contributed by atoms with Crippen LogP contribution in [-0.4, -0.2) is 35.6 Å². The van der Waals surface area contributed by atoms with E-state index in [-0.39, 0.29) is 5.56 Å². The lowest BCUT2D eigenvalue weighted by Gasteiger charge is -2.09. The maximum atomic E-state index is 11.5. The molecule has 0 atom stereocenters. The van der Waals surface area contributed by atoms with Crippen LogP contribution in [0.2, 0.25) is 0 Å². The monoisotopic (exact) mass is 311 g/mol. The summed E-state index contributed by atoms with van der Waals surface area (Å²) in [5, 5.41) is 18.1. The Balaban J connectivity index is 2.23. The molecule has 23 heavy (non-hydrogen) atoms. The first kappa shape index (κ1) is 15.0. The Morgan fingerprint density at radius 2 is 1.30 bits per heavy atom. The third kappa shape index (κ3) is 2.73. The second-order valence-electron chi connectivity index (χ2n) is 5.56. The highest BCUT2D eigenvalue weighted by atomic mass is 16.4. The van der Waals surface area contributed by atoms with Gasteiger partial charge in [0.2, 0.25) is 0 Å². The second kappa shape index (κ2) is 5.35. The van der Waals surface area contributed by atoms with Crippen LogP contribution in [0.1, 0.15) is 33.1 Å². The van der Waals surface area contributed by atoms with E-state index in [4.69, 9.17) is 0 Å². The third-order valence-corrected chi connectivity index (χ3v) is 3.50. The fourth-order valence-corrected chi connectivity index (χ4v) is 2.56. The SMILES string of the molecule is Cc1cc(C)n(-c2cc(C(=O)O)cc(-n3nc(C)cc3C)n2)n1. The maximum absolute atomic E-state index is 11.5. The van der Waals surface area contributed by atoms with Crippen molar-refractivity contribution in [1.82, 2.24) is 24.5 Å². The molecule has 118 valence electrons. The highest BCUT2D eigenvalue weighted by Crippen LogP contribution is 2.17. The molecule has 3 aromatic heterocycles. The van der Waals surface area contributed by atoms with Gasteiger partial charge in [0.1, 0.15) is 0 Å². The van der Waals surface area contributed by atoms with Crippen LogP contribution in [-0.2, 0) is 0 Å². The van der Waals surface area contributed by atoms with Gasteiger partial charge in [0, 0.05) is 11.4 Å². The number of carbonyl (C=O) groups is 1. The molecule has 0 spiro atoms. The van der Waals surface area contributed by atoms with Crippen molar-refractivity contribution in [2.24, 2.45) is 0 Å². The van der Waals surface area contributed by atoms with Crippen LogP contribution in [0.3, 0.4) is 0 Å². The van der Waals surface area contributed by atoms with Gasteiger partial charge in [-0.15, -0.1) is 0 Å². The molecule has 0 aliphatic carbocycles. The Morgan fingerprint density at radius 1 is 0.870 bits per heavy atom. The van der Waals surface area contributed by atoms with Gasteiger partial charge in [-0.1, -0.05) is 0 Å². The van der Waals surface area contributed by atoms with Crippen LogP contribution in [0.25, 0.3) is 11.6 Å². The Kier molecular flexibility index (Phi) is 3.48. The zero-order valence-corrected chi connectivity index (χ0v) is 13.4. The number of carboxylic acid groups (broad SMARTS) is 1.